The van der Waals surface area contributed by atoms with Crippen LogP contribution in [-0.2, 0) is 4.74 Å². The van der Waals surface area contributed by atoms with Crippen LogP contribution in [0.5, 0.6) is 0 Å². The minimum Gasteiger partial charge on any atom is -0.450 e. The first-order chi connectivity index (χ1) is 15.0. The molecule has 2 aromatic carbocycles. The van der Waals surface area contributed by atoms with Gasteiger partial charge in [-0.3, -0.25) is 14.5 Å². The molecule has 160 valence electrons. The Bertz CT molecular complexity index is 1200. The van der Waals surface area contributed by atoms with Crippen LogP contribution in [0.15, 0.2) is 51.7 Å². The van der Waals surface area contributed by atoms with Crippen molar-refractivity contribution < 1.29 is 13.9 Å². The maximum Gasteiger partial charge on any atom is 0.290 e. The number of halogens is 1. The zero-order valence-electron chi connectivity index (χ0n) is 17.3. The molecule has 7 heteroatoms. The van der Waals surface area contributed by atoms with E-state index in [1.165, 1.54) is 0 Å². The third-order valence-corrected chi connectivity index (χ3v) is 6.32. The monoisotopic (exact) mass is 438 g/mol. The lowest BCUT2D eigenvalue weighted by Crippen LogP contribution is -2.42. The first kappa shape index (κ1) is 20.2. The van der Waals surface area contributed by atoms with Crippen molar-refractivity contribution in [3.63, 3.8) is 0 Å². The van der Waals surface area contributed by atoms with Crippen molar-refractivity contribution in [2.24, 2.45) is 0 Å². The standard InChI is InChI=1S/C24H23ClN2O4/c1-15-2-4-16(5-3-15)21-20-22(28)18-14-17(25)6-7-19(18)31-23(20)24(29)27(21)9-8-26-10-12-30-13-11-26/h2-7,14,21H,8-13H2,1H3/t21-/m1/s1. The van der Waals surface area contributed by atoms with Gasteiger partial charge in [-0.15, -0.1) is 0 Å². The summed E-state index contributed by atoms with van der Waals surface area (Å²) >= 11 is 6.13. The molecule has 0 aliphatic carbocycles. The van der Waals surface area contributed by atoms with Gasteiger partial charge in [0.25, 0.3) is 5.91 Å². The molecule has 2 aliphatic heterocycles. The fourth-order valence-corrected chi connectivity index (χ4v) is 4.56. The predicted octanol–water partition coefficient (Wildman–Crippen LogP) is 3.63. The molecule has 1 saturated heterocycles. The number of nitrogens with zero attached hydrogens (tertiary/aromatic N) is 2. The van der Waals surface area contributed by atoms with Gasteiger partial charge in [0.15, 0.2) is 5.43 Å². The van der Waals surface area contributed by atoms with Gasteiger partial charge in [0.1, 0.15) is 5.58 Å². The summed E-state index contributed by atoms with van der Waals surface area (Å²) in [4.78, 5) is 30.9. The molecule has 6 nitrogen and oxygen atoms in total. The second-order valence-corrected chi connectivity index (χ2v) is 8.52. The number of aryl methyl sites for hydroxylation is 1. The highest BCUT2D eigenvalue weighted by atomic mass is 35.5. The van der Waals surface area contributed by atoms with Crippen molar-refractivity contribution >= 4 is 28.5 Å². The molecule has 31 heavy (non-hydrogen) atoms. The Morgan fingerprint density at radius 3 is 2.52 bits per heavy atom. The first-order valence-corrected chi connectivity index (χ1v) is 10.8. The summed E-state index contributed by atoms with van der Waals surface area (Å²) in [5.41, 5.74) is 2.58. The average Bonchev–Trinajstić information content (AvgIpc) is 3.06. The van der Waals surface area contributed by atoms with Crippen molar-refractivity contribution in [1.82, 2.24) is 9.80 Å². The van der Waals surface area contributed by atoms with Crippen molar-refractivity contribution in [2.45, 2.75) is 13.0 Å². The van der Waals surface area contributed by atoms with Gasteiger partial charge < -0.3 is 14.1 Å². The van der Waals surface area contributed by atoms with Crippen LogP contribution in [0, 0.1) is 6.92 Å². The summed E-state index contributed by atoms with van der Waals surface area (Å²) in [5.74, 6) is -0.116. The van der Waals surface area contributed by atoms with Crippen LogP contribution in [0.2, 0.25) is 5.02 Å². The molecule has 1 atom stereocenters. The summed E-state index contributed by atoms with van der Waals surface area (Å²) in [6, 6.07) is 12.4. The molecule has 1 fully saturated rings. The highest BCUT2D eigenvalue weighted by Crippen LogP contribution is 2.38. The molecule has 0 spiro atoms. The molecule has 2 aliphatic rings. The summed E-state index contributed by atoms with van der Waals surface area (Å²) in [6.45, 7) is 6.29. The lowest BCUT2D eigenvalue weighted by atomic mass is 9.97. The quantitative estimate of drug-likeness (QED) is 0.622. The molecular weight excluding hydrogens is 416 g/mol. The van der Waals surface area contributed by atoms with Crippen molar-refractivity contribution in [3.8, 4) is 0 Å². The van der Waals surface area contributed by atoms with E-state index in [1.807, 2.05) is 31.2 Å². The maximum atomic E-state index is 13.5. The van der Waals surface area contributed by atoms with E-state index in [2.05, 4.69) is 4.90 Å². The Kier molecular flexibility index (Phi) is 5.30. The number of carbonyl (C=O) groups is 1. The first-order valence-electron chi connectivity index (χ1n) is 10.5. The van der Waals surface area contributed by atoms with Crippen molar-refractivity contribution in [2.75, 3.05) is 39.4 Å². The fraction of sp³-hybridized carbons (Fsp3) is 0.333. The van der Waals surface area contributed by atoms with Crippen LogP contribution < -0.4 is 5.43 Å². The van der Waals surface area contributed by atoms with Crippen LogP contribution in [0.1, 0.15) is 33.3 Å². The maximum absolute atomic E-state index is 13.5. The summed E-state index contributed by atoms with van der Waals surface area (Å²) in [7, 11) is 0. The van der Waals surface area contributed by atoms with E-state index in [9.17, 15) is 9.59 Å². The topological polar surface area (TPSA) is 63.0 Å². The molecule has 0 radical (unpaired) electrons. The van der Waals surface area contributed by atoms with E-state index < -0.39 is 6.04 Å². The molecule has 1 aromatic heterocycles. The predicted molar refractivity (Wildman–Crippen MR) is 119 cm³/mol. The van der Waals surface area contributed by atoms with E-state index in [0.717, 1.165) is 24.2 Å². The Hall–Kier alpha value is -2.67. The Morgan fingerprint density at radius 2 is 1.77 bits per heavy atom. The third kappa shape index (κ3) is 3.65. The Morgan fingerprint density at radius 1 is 1.03 bits per heavy atom. The van der Waals surface area contributed by atoms with E-state index in [4.69, 9.17) is 20.8 Å². The highest BCUT2D eigenvalue weighted by Gasteiger charge is 2.42. The van der Waals surface area contributed by atoms with Gasteiger partial charge in [0.2, 0.25) is 5.76 Å². The highest BCUT2D eigenvalue weighted by molar-refractivity contribution is 6.31. The van der Waals surface area contributed by atoms with Gasteiger partial charge in [0.05, 0.1) is 30.2 Å². The third-order valence-electron chi connectivity index (χ3n) is 6.08. The number of ether oxygens (including phenoxy) is 1. The number of fused-ring (bicyclic) bond motifs is 2. The molecule has 0 N–H and O–H groups in total. The average molecular weight is 439 g/mol. The van der Waals surface area contributed by atoms with E-state index in [1.54, 1.807) is 23.1 Å². The summed E-state index contributed by atoms with van der Waals surface area (Å²) in [5, 5.41) is 0.853. The minimum absolute atomic E-state index is 0.132. The number of hydrogen-bond donors (Lipinski definition) is 0. The normalized spacial score (nSPS) is 19.2. The lowest BCUT2D eigenvalue weighted by Gasteiger charge is -2.31. The molecule has 5 rings (SSSR count). The van der Waals surface area contributed by atoms with Crippen LogP contribution >= 0.6 is 11.6 Å². The zero-order valence-corrected chi connectivity index (χ0v) is 18.0. The number of carbonyl (C=O) groups excluding carboxylic acids is 1. The molecule has 0 saturated carbocycles. The molecular formula is C24H23ClN2O4. The van der Waals surface area contributed by atoms with Gasteiger partial charge in [-0.1, -0.05) is 41.4 Å². The second-order valence-electron chi connectivity index (χ2n) is 8.08. The lowest BCUT2D eigenvalue weighted by molar-refractivity contribution is 0.0314. The SMILES string of the molecule is Cc1ccc([C@@H]2c3c(oc4ccc(Cl)cc4c3=O)C(=O)N2CCN2CCOCC2)cc1. The second kappa shape index (κ2) is 8.11. The van der Waals surface area contributed by atoms with E-state index >= 15 is 0 Å². The molecule has 1 amide bonds. The summed E-state index contributed by atoms with van der Waals surface area (Å²) in [6.07, 6.45) is 0. The van der Waals surface area contributed by atoms with Crippen LogP contribution in [-0.4, -0.2) is 55.1 Å². The van der Waals surface area contributed by atoms with Crippen LogP contribution in [0.4, 0.5) is 0 Å². The molecule has 0 unspecified atom stereocenters. The number of benzene rings is 2. The van der Waals surface area contributed by atoms with Crippen molar-refractivity contribution in [1.29, 1.82) is 0 Å². The largest absolute Gasteiger partial charge is 0.450 e. The van der Waals surface area contributed by atoms with Gasteiger partial charge >= 0.3 is 0 Å². The number of amides is 1. The smallest absolute Gasteiger partial charge is 0.290 e. The number of hydrogen-bond acceptors (Lipinski definition) is 5. The fourth-order valence-electron chi connectivity index (χ4n) is 4.39. The Balaban J connectivity index is 1.60. The summed E-state index contributed by atoms with van der Waals surface area (Å²) < 4.78 is 11.4. The number of morpholine rings is 1. The van der Waals surface area contributed by atoms with Gasteiger partial charge in [-0.25, -0.2) is 0 Å². The van der Waals surface area contributed by atoms with Crippen LogP contribution in [0.3, 0.4) is 0 Å². The van der Waals surface area contributed by atoms with Crippen LogP contribution in [0.25, 0.3) is 11.0 Å². The zero-order chi connectivity index (χ0) is 21.5. The van der Waals surface area contributed by atoms with E-state index in [0.29, 0.717) is 47.9 Å². The van der Waals surface area contributed by atoms with Gasteiger partial charge in [-0.05, 0) is 30.7 Å². The van der Waals surface area contributed by atoms with Gasteiger partial charge in [0, 0.05) is 31.2 Å². The van der Waals surface area contributed by atoms with Gasteiger partial charge in [-0.2, -0.15) is 0 Å². The Labute approximate surface area is 185 Å². The minimum atomic E-state index is -0.483. The molecule has 3 heterocycles. The van der Waals surface area contributed by atoms with E-state index in [-0.39, 0.29) is 17.1 Å². The molecule has 0 bridgehead atoms. The molecule has 3 aromatic rings. The van der Waals surface area contributed by atoms with Crippen molar-refractivity contribution in [3.05, 3.63) is 80.2 Å². The number of rotatable bonds is 4.